The number of imidazole rings is 1. The van der Waals surface area contributed by atoms with Crippen LogP contribution in [0.2, 0.25) is 0 Å². The lowest BCUT2D eigenvalue weighted by Gasteiger charge is -2.13. The first kappa shape index (κ1) is 23.4. The second kappa shape index (κ2) is 8.90. The number of alkyl halides is 3. The third-order valence-electron chi connectivity index (χ3n) is 5.22. The summed E-state index contributed by atoms with van der Waals surface area (Å²) in [5, 5.41) is 0. The quantitative estimate of drug-likeness (QED) is 0.358. The van der Waals surface area contributed by atoms with E-state index < -0.39 is 27.3 Å². The van der Waals surface area contributed by atoms with Crippen LogP contribution in [0.3, 0.4) is 0 Å². The fourth-order valence-electron chi connectivity index (χ4n) is 3.39. The fourth-order valence-corrected chi connectivity index (χ4v) is 4.79. The van der Waals surface area contributed by atoms with E-state index in [0.717, 1.165) is 18.7 Å². The summed E-state index contributed by atoms with van der Waals surface area (Å²) in [6.07, 6.45) is 2.28. The smallest absolute Gasteiger partial charge is 0.416 e. The number of carbonyl (C=O) groups is 1. The van der Waals surface area contributed by atoms with E-state index >= 15 is 0 Å². The molecule has 0 unspecified atom stereocenters. The topological polar surface area (TPSA) is 90.6 Å². The van der Waals surface area contributed by atoms with Crippen LogP contribution in [0.1, 0.15) is 27.9 Å². The van der Waals surface area contributed by atoms with E-state index in [1.165, 1.54) is 18.3 Å². The van der Waals surface area contributed by atoms with Gasteiger partial charge in [-0.3, -0.25) is 9.20 Å². The van der Waals surface area contributed by atoms with E-state index in [4.69, 9.17) is 4.74 Å². The zero-order valence-corrected chi connectivity index (χ0v) is 18.6. The van der Waals surface area contributed by atoms with Gasteiger partial charge in [-0.25, -0.2) is 18.4 Å². The van der Waals surface area contributed by atoms with Gasteiger partial charge in [0.2, 0.25) is 15.6 Å². The Hall–Kier alpha value is -3.73. The number of fused-ring (bicyclic) bond motifs is 1. The first-order valence-corrected chi connectivity index (χ1v) is 11.5. The van der Waals surface area contributed by atoms with Crippen molar-refractivity contribution in [2.24, 2.45) is 0 Å². The summed E-state index contributed by atoms with van der Waals surface area (Å²) >= 11 is 0. The molecule has 0 radical (unpaired) electrons. The first-order valence-electron chi connectivity index (χ1n) is 10.0. The molecule has 176 valence electrons. The van der Waals surface area contributed by atoms with Gasteiger partial charge in [-0.15, -0.1) is 0 Å². The van der Waals surface area contributed by atoms with Crippen LogP contribution in [0.5, 0.6) is 5.75 Å². The second-order valence-corrected chi connectivity index (χ2v) is 9.33. The minimum Gasteiger partial charge on any atom is -0.495 e. The van der Waals surface area contributed by atoms with Crippen molar-refractivity contribution in [1.29, 1.82) is 0 Å². The lowest BCUT2D eigenvalue weighted by Crippen LogP contribution is -2.09. The zero-order valence-electron chi connectivity index (χ0n) is 17.8. The van der Waals surface area contributed by atoms with Crippen molar-refractivity contribution in [1.82, 2.24) is 14.4 Å². The molecule has 0 fully saturated rings. The number of sulfone groups is 1. The molecule has 0 saturated carbocycles. The molecule has 7 nitrogen and oxygen atoms in total. The largest absolute Gasteiger partial charge is 0.495 e. The molecule has 0 N–H and O–H groups in total. The van der Waals surface area contributed by atoms with Gasteiger partial charge >= 0.3 is 6.18 Å². The second-order valence-electron chi connectivity index (χ2n) is 7.41. The summed E-state index contributed by atoms with van der Waals surface area (Å²) in [6.45, 7) is 0. The number of rotatable bonds is 7. The Morgan fingerprint density at radius 2 is 1.82 bits per heavy atom. The highest BCUT2D eigenvalue weighted by Crippen LogP contribution is 2.36. The third-order valence-corrected chi connectivity index (χ3v) is 7.03. The molecule has 4 rings (SSSR count). The molecular weight excluding hydrogens is 471 g/mol. The maximum Gasteiger partial charge on any atom is 0.416 e. The molecule has 2 aromatic carbocycles. The molecule has 0 saturated heterocycles. The Morgan fingerprint density at radius 1 is 1.09 bits per heavy atom. The number of methoxy groups -OCH3 is 1. The molecule has 11 heteroatoms. The number of carbonyl (C=O) groups excluding carboxylic acids is 1. The highest BCUT2D eigenvalue weighted by atomic mass is 32.2. The number of benzene rings is 2. The van der Waals surface area contributed by atoms with Gasteiger partial charge in [0.1, 0.15) is 10.6 Å². The summed E-state index contributed by atoms with van der Waals surface area (Å²) < 4.78 is 71.4. The van der Waals surface area contributed by atoms with Crippen LogP contribution in [0.4, 0.5) is 13.2 Å². The number of aryl methyl sites for hydroxylation is 1. The Bertz CT molecular complexity index is 1460. The van der Waals surface area contributed by atoms with Crippen LogP contribution in [-0.4, -0.2) is 35.7 Å². The van der Waals surface area contributed by atoms with Crippen molar-refractivity contribution in [2.45, 2.75) is 28.8 Å². The van der Waals surface area contributed by atoms with Crippen molar-refractivity contribution >= 4 is 21.4 Å². The summed E-state index contributed by atoms with van der Waals surface area (Å²) in [6, 6.07) is 8.07. The van der Waals surface area contributed by atoms with E-state index in [1.54, 1.807) is 35.1 Å². The fraction of sp³-hybridized carbons (Fsp3) is 0.174. The van der Waals surface area contributed by atoms with Crippen molar-refractivity contribution in [3.63, 3.8) is 0 Å². The summed E-state index contributed by atoms with van der Waals surface area (Å²) in [5.74, 6) is -0.0414. The van der Waals surface area contributed by atoms with Crippen LogP contribution in [0, 0.1) is 0 Å². The monoisotopic (exact) mass is 489 g/mol. The number of halogens is 3. The molecule has 34 heavy (non-hydrogen) atoms. The Balaban J connectivity index is 1.50. The summed E-state index contributed by atoms with van der Waals surface area (Å²) in [4.78, 5) is 20.2. The van der Waals surface area contributed by atoms with Gasteiger partial charge in [-0.2, -0.15) is 13.2 Å². The molecule has 0 aliphatic heterocycles. The molecule has 2 heterocycles. The van der Waals surface area contributed by atoms with Gasteiger partial charge in [0.05, 0.1) is 23.1 Å². The summed E-state index contributed by atoms with van der Waals surface area (Å²) in [7, 11) is -3.02. The van der Waals surface area contributed by atoms with E-state index in [9.17, 15) is 26.4 Å². The van der Waals surface area contributed by atoms with E-state index in [1.807, 2.05) is 0 Å². The van der Waals surface area contributed by atoms with Gasteiger partial charge in [0.25, 0.3) is 0 Å². The minimum absolute atomic E-state index is 0.101. The lowest BCUT2D eigenvalue weighted by molar-refractivity contribution is -0.137. The number of ketones is 1. The highest BCUT2D eigenvalue weighted by molar-refractivity contribution is 7.91. The van der Waals surface area contributed by atoms with Gasteiger partial charge in [0.15, 0.2) is 5.78 Å². The van der Waals surface area contributed by atoms with Gasteiger partial charge in [-0.1, -0.05) is 12.1 Å². The molecular formula is C23H18F3N3O4S. The Labute approximate surface area is 192 Å². The van der Waals surface area contributed by atoms with Crippen LogP contribution in [0.25, 0.3) is 5.78 Å². The summed E-state index contributed by atoms with van der Waals surface area (Å²) in [5.41, 5.74) is 0.146. The lowest BCUT2D eigenvalue weighted by atomic mass is 10.0. The maximum absolute atomic E-state index is 13.0. The molecule has 2 aromatic heterocycles. The third kappa shape index (κ3) is 4.65. The average molecular weight is 489 g/mol. The van der Waals surface area contributed by atoms with Gasteiger partial charge in [-0.05, 0) is 42.3 Å². The van der Waals surface area contributed by atoms with Gasteiger partial charge in [0, 0.05) is 31.2 Å². The molecule has 0 amide bonds. The minimum atomic E-state index is -4.63. The zero-order chi connectivity index (χ0) is 24.5. The van der Waals surface area contributed by atoms with Crippen LogP contribution >= 0.6 is 0 Å². The van der Waals surface area contributed by atoms with E-state index in [2.05, 4.69) is 9.97 Å². The molecule has 0 aliphatic rings. The predicted molar refractivity (Wildman–Crippen MR) is 116 cm³/mol. The predicted octanol–water partition coefficient (Wildman–Crippen LogP) is 4.41. The van der Waals surface area contributed by atoms with E-state index in [-0.39, 0.29) is 22.0 Å². The highest BCUT2D eigenvalue weighted by Gasteiger charge is 2.33. The van der Waals surface area contributed by atoms with Gasteiger partial charge < -0.3 is 4.74 Å². The van der Waals surface area contributed by atoms with Crippen molar-refractivity contribution in [3.8, 4) is 5.75 Å². The van der Waals surface area contributed by atoms with Crippen LogP contribution < -0.4 is 4.74 Å². The number of Topliss-reactive ketones (excluding diaryl/α,β-unsaturated/α-hetero) is 1. The molecule has 0 spiro atoms. The molecule has 0 atom stereocenters. The Kier molecular flexibility index (Phi) is 6.13. The number of hydrogen-bond acceptors (Lipinski definition) is 6. The van der Waals surface area contributed by atoms with Crippen LogP contribution in [-0.2, 0) is 22.4 Å². The number of nitrogens with zero attached hydrogens (tertiary/aromatic N) is 3. The molecule has 0 aliphatic carbocycles. The van der Waals surface area contributed by atoms with Crippen molar-refractivity contribution in [2.75, 3.05) is 7.11 Å². The molecule has 0 bridgehead atoms. The number of hydrogen-bond donors (Lipinski definition) is 0. The Morgan fingerprint density at radius 3 is 2.50 bits per heavy atom. The molecule has 4 aromatic rings. The SMILES string of the molecule is COc1cc(C(F)(F)F)ccc1S(=O)(=O)c1ccc(CCC(=O)c2cnc3nccn3c2)cc1. The standard InChI is InChI=1S/C23H18F3N3O4S/c1-33-20-12-17(23(24,25)26)5-9-21(20)34(31,32)18-6-2-15(3-7-18)4-8-19(30)16-13-28-22-27-10-11-29(22)14-16/h2-3,5-7,9-14H,4,8H2,1H3. The van der Waals surface area contributed by atoms with Crippen molar-refractivity contribution in [3.05, 3.63) is 83.9 Å². The number of aromatic nitrogens is 3. The maximum atomic E-state index is 13.0. The van der Waals surface area contributed by atoms with Crippen molar-refractivity contribution < 1.29 is 31.1 Å². The normalized spacial score (nSPS) is 12.1. The average Bonchev–Trinajstić information content (AvgIpc) is 3.29. The first-order chi connectivity index (χ1) is 16.1. The van der Waals surface area contributed by atoms with Crippen LogP contribution in [0.15, 0.2) is 77.0 Å². The number of ether oxygens (including phenoxy) is 1. The van der Waals surface area contributed by atoms with E-state index in [0.29, 0.717) is 29.9 Å².